The molecule has 0 saturated heterocycles. The number of halogens is 2. The maximum atomic E-state index is 6.53. The van der Waals surface area contributed by atoms with Gasteiger partial charge >= 0.3 is 5.43 Å². The maximum absolute atomic E-state index is 6.53. The molecule has 0 aromatic heterocycles. The van der Waals surface area contributed by atoms with Crippen molar-refractivity contribution >= 4 is 34.4 Å². The molecular weight excluding hydrogens is 309 g/mol. The van der Waals surface area contributed by atoms with Crippen molar-refractivity contribution in [2.75, 3.05) is 0 Å². The summed E-state index contributed by atoms with van der Waals surface area (Å²) in [4.78, 5) is 0. The van der Waals surface area contributed by atoms with Crippen molar-refractivity contribution in [3.8, 4) is 0 Å². The van der Waals surface area contributed by atoms with Crippen LogP contribution in [0.3, 0.4) is 0 Å². The van der Waals surface area contributed by atoms with Crippen molar-refractivity contribution in [2.45, 2.75) is 41.5 Å². The maximum Gasteiger partial charge on any atom is 0.413 e. The average Bonchev–Trinajstić information content (AvgIpc) is 2.34. The summed E-state index contributed by atoms with van der Waals surface area (Å²) in [6.07, 6.45) is 0. The molecule has 2 aromatic carbocycles. The molecule has 0 aliphatic heterocycles. The topological polar surface area (TPSA) is 0 Å². The number of hydrogen-bond acceptors (Lipinski definition) is 0. The normalized spacial score (nSPS) is 12.4. The molecule has 0 aliphatic carbocycles. The minimum Gasteiger partial charge on any atom is -0.317 e. The highest BCUT2D eigenvalue weighted by Crippen LogP contribution is 2.14. The average molecular weight is 332 g/mol. The van der Waals surface area contributed by atoms with E-state index in [-0.39, 0.29) is 6.60 Å². The van der Waals surface area contributed by atoms with Gasteiger partial charge in [0.2, 0.25) is 0 Å². The van der Waals surface area contributed by atoms with E-state index in [1.54, 1.807) is 0 Å². The molecule has 0 unspecified atom stereocenters. The van der Waals surface area contributed by atoms with Crippen molar-refractivity contribution < 1.29 is 11.5 Å². The first-order valence-electron chi connectivity index (χ1n) is 7.83. The molecule has 0 saturated carbocycles. The Kier molecular flexibility index (Phi) is 5.35. The fraction of sp³-hybridized carbons (Fsp3) is 0.333. The molecule has 0 N–H and O–H groups in total. The molecule has 0 fully saturated rings. The highest BCUT2D eigenvalue weighted by atomic mass is 35.5. The van der Waals surface area contributed by atoms with E-state index < -0.39 is 5.43 Å². The van der Waals surface area contributed by atoms with E-state index in [0.717, 1.165) is 0 Å². The van der Waals surface area contributed by atoms with Gasteiger partial charge in [0, 0.05) is 0 Å². The minimum atomic E-state index is -1.35. The van der Waals surface area contributed by atoms with Crippen molar-refractivity contribution in [1.29, 1.82) is 0 Å². The molecule has 22 heavy (non-hydrogen) atoms. The summed E-state index contributed by atoms with van der Waals surface area (Å²) in [5.74, 6) is 0. The third kappa shape index (κ3) is 3.39. The summed E-state index contributed by atoms with van der Waals surface area (Å²) in [6, 6.07) is 8.90. The van der Waals surface area contributed by atoms with Gasteiger partial charge in [-0.25, -0.2) is 0 Å². The van der Waals surface area contributed by atoms with E-state index in [9.17, 15) is 0 Å². The third-order valence-electron chi connectivity index (χ3n) is 4.48. The van der Waals surface area contributed by atoms with E-state index in [0.29, 0.717) is 0 Å². The second-order valence-corrected chi connectivity index (χ2v) is 8.01. The molecule has 4 heteroatoms. The monoisotopic (exact) mass is 331 g/mol. The van der Waals surface area contributed by atoms with Crippen LogP contribution in [0.5, 0.6) is 0 Å². The Morgan fingerprint density at radius 2 is 1.00 bits per heavy atom. The van der Waals surface area contributed by atoms with Gasteiger partial charge in [-0.2, -0.15) is 0 Å². The lowest BCUT2D eigenvalue weighted by Crippen LogP contribution is -2.55. The van der Waals surface area contributed by atoms with Gasteiger partial charge in [0.25, 0.3) is 0 Å². The zero-order valence-corrected chi connectivity index (χ0v) is 15.9. The number of hydrogen-bond donors (Lipinski definition) is 0. The Balaban J connectivity index is 2.73. The highest BCUT2D eigenvalue weighted by Gasteiger charge is 2.34. The molecular formula is C18H23B2Cl2. The van der Waals surface area contributed by atoms with Crippen LogP contribution in [0.2, 0.25) is 0 Å². The van der Waals surface area contributed by atoms with E-state index in [4.69, 9.17) is 22.9 Å². The van der Waals surface area contributed by atoms with Crippen LogP contribution >= 0.6 is 11.5 Å². The second-order valence-electron chi connectivity index (χ2n) is 6.59. The number of rotatable bonds is 3. The lowest BCUT2D eigenvalue weighted by Gasteiger charge is -2.25. The van der Waals surface area contributed by atoms with Gasteiger partial charge in [-0.15, -0.1) is 0 Å². The van der Waals surface area contributed by atoms with Crippen LogP contribution in [-0.2, 0) is 0 Å². The van der Waals surface area contributed by atoms with Crippen LogP contribution in [0.1, 0.15) is 33.4 Å². The summed E-state index contributed by atoms with van der Waals surface area (Å²) in [5.41, 5.74) is 8.92. The molecule has 0 atom stereocenters. The van der Waals surface area contributed by atoms with Crippen LogP contribution in [0.25, 0.3) is 0 Å². The molecule has 0 aliphatic rings. The molecule has 2 aromatic rings. The Hall–Kier alpha value is -0.850. The van der Waals surface area contributed by atoms with Crippen LogP contribution in [-0.4, -0.2) is 12.0 Å². The zero-order valence-electron chi connectivity index (χ0n) is 14.3. The largest absolute Gasteiger partial charge is 0.413 e. The molecule has 0 amide bonds. The Labute approximate surface area is 145 Å². The highest BCUT2D eigenvalue weighted by molar-refractivity contribution is 7.46. The molecule has 0 bridgehead atoms. The van der Waals surface area contributed by atoms with Gasteiger partial charge in [0.15, 0.2) is 6.60 Å². The van der Waals surface area contributed by atoms with Gasteiger partial charge in [-0.3, -0.25) is 0 Å². The Bertz CT molecular complexity index is 605. The molecule has 0 nitrogen and oxygen atoms in total. The fourth-order valence-corrected chi connectivity index (χ4v) is 4.55. The predicted molar refractivity (Wildman–Crippen MR) is 99.3 cm³/mol. The summed E-state index contributed by atoms with van der Waals surface area (Å²) in [6.45, 7) is 13.0. The molecule has 1 radical (unpaired) electrons. The Morgan fingerprint density at radius 3 is 1.23 bits per heavy atom. The summed E-state index contributed by atoms with van der Waals surface area (Å²) in [7, 11) is 0. The van der Waals surface area contributed by atoms with E-state index in [1.165, 1.54) is 44.3 Å². The van der Waals surface area contributed by atoms with Crippen LogP contribution in [0.4, 0.5) is 0 Å². The molecule has 0 heterocycles. The second kappa shape index (κ2) is 6.72. The van der Waals surface area contributed by atoms with Crippen molar-refractivity contribution in [1.82, 2.24) is 0 Å². The fourth-order valence-electron chi connectivity index (χ4n) is 3.93. The van der Waals surface area contributed by atoms with Crippen LogP contribution in [0, 0.1) is 53.0 Å². The van der Waals surface area contributed by atoms with Gasteiger partial charge in [-0.1, -0.05) is 68.6 Å². The lowest BCUT2D eigenvalue weighted by atomic mass is 9.23. The van der Waals surface area contributed by atoms with Crippen molar-refractivity contribution in [3.63, 3.8) is 0 Å². The van der Waals surface area contributed by atoms with Gasteiger partial charge in [0.05, 0.1) is 0 Å². The quantitative estimate of drug-likeness (QED) is 0.757. The zero-order chi connectivity index (χ0) is 16.6. The van der Waals surface area contributed by atoms with Gasteiger partial charge < -0.3 is 11.5 Å². The van der Waals surface area contributed by atoms with Crippen molar-refractivity contribution in [2.24, 2.45) is 0 Å². The van der Waals surface area contributed by atoms with Crippen LogP contribution < -0.4 is 10.9 Å². The van der Waals surface area contributed by atoms with E-state index >= 15 is 0 Å². The first-order valence-corrected chi connectivity index (χ1v) is 8.90. The van der Waals surface area contributed by atoms with Crippen molar-refractivity contribution in [3.05, 3.63) is 57.6 Å². The SMILES string of the molecule is Cc1cc(C)c(B([BH-](Cl)[Cl+])c2c(C)cc(C)cc2C)c(C)c1. The van der Waals surface area contributed by atoms with E-state index in [1.807, 2.05) is 0 Å². The number of benzene rings is 2. The Morgan fingerprint density at radius 1 is 0.727 bits per heavy atom. The minimum absolute atomic E-state index is 0.0875. The summed E-state index contributed by atoms with van der Waals surface area (Å²) < 4.78 is 0. The van der Waals surface area contributed by atoms with Gasteiger partial charge in [-0.05, 0) is 41.5 Å². The molecule has 0 spiro atoms. The van der Waals surface area contributed by atoms with Crippen LogP contribution in [0.15, 0.2) is 24.3 Å². The first-order chi connectivity index (χ1) is 10.2. The third-order valence-corrected chi connectivity index (χ3v) is 5.10. The number of aryl methyl sites for hydroxylation is 6. The molecule has 2 rings (SSSR count). The molecule has 115 valence electrons. The predicted octanol–water partition coefficient (Wildman–Crippen LogP) is 3.23. The van der Waals surface area contributed by atoms with Gasteiger partial charge in [0.1, 0.15) is 11.5 Å². The lowest BCUT2D eigenvalue weighted by molar-refractivity contribution is -0.179. The van der Waals surface area contributed by atoms with E-state index in [2.05, 4.69) is 65.8 Å². The summed E-state index contributed by atoms with van der Waals surface area (Å²) >= 11 is 13.1. The smallest absolute Gasteiger partial charge is 0.317 e. The summed E-state index contributed by atoms with van der Waals surface area (Å²) in [5, 5.41) is 0. The standard InChI is InChI=1S/C18H23B2Cl2/c1-11-7-13(3)17(14(4)8-11)19(20(21)22)18-15(5)9-12(2)10-16(18)6/h7-10,20H,1-6H3. The first kappa shape index (κ1) is 17.5.